The smallest absolute Gasteiger partial charge is 0.294 e. The van der Waals surface area contributed by atoms with Crippen LogP contribution in [0.5, 0.6) is 0 Å². The Morgan fingerprint density at radius 1 is 1.12 bits per heavy atom. The number of halogens is 1. The van der Waals surface area contributed by atoms with Crippen LogP contribution in [-0.2, 0) is 9.53 Å². The molecule has 0 radical (unpaired) electrons. The zero-order chi connectivity index (χ0) is 23.5. The molecule has 2 amide bonds. The van der Waals surface area contributed by atoms with E-state index < -0.39 is 5.91 Å². The number of hydrogen-bond acceptors (Lipinski definition) is 7. The maximum Gasteiger partial charge on any atom is 0.294 e. The number of fused-ring (bicyclic) bond motifs is 1. The van der Waals surface area contributed by atoms with E-state index in [1.54, 1.807) is 18.2 Å². The van der Waals surface area contributed by atoms with E-state index in [4.69, 9.17) is 20.8 Å². The highest BCUT2D eigenvalue weighted by Crippen LogP contribution is 2.32. The number of nitrogens with zero attached hydrogens (tertiary/aromatic N) is 3. The van der Waals surface area contributed by atoms with E-state index in [-0.39, 0.29) is 17.6 Å². The summed E-state index contributed by atoms with van der Waals surface area (Å²) in [6.45, 7) is 2.97. The van der Waals surface area contributed by atoms with E-state index in [2.05, 4.69) is 25.5 Å². The third-order valence-corrected chi connectivity index (χ3v) is 6.19. The Balaban J connectivity index is 1.27. The monoisotopic (exact) mass is 481 g/mol. The van der Waals surface area contributed by atoms with Gasteiger partial charge in [0.2, 0.25) is 11.7 Å². The zero-order valence-electron chi connectivity index (χ0n) is 18.4. The molecule has 0 atom stereocenters. The normalized spacial score (nSPS) is 16.3. The van der Waals surface area contributed by atoms with Gasteiger partial charge in [-0.1, -0.05) is 23.7 Å². The highest BCUT2D eigenvalue weighted by molar-refractivity contribution is 6.30. The number of benzene rings is 1. The molecule has 9 nitrogen and oxygen atoms in total. The van der Waals surface area contributed by atoms with Crippen LogP contribution in [-0.4, -0.2) is 54.0 Å². The minimum Gasteiger partial charge on any atom is -0.463 e. The molecule has 1 saturated heterocycles. The molecule has 0 bridgehead atoms. The third-order valence-electron chi connectivity index (χ3n) is 5.96. The van der Waals surface area contributed by atoms with Gasteiger partial charge in [0.1, 0.15) is 23.7 Å². The molecule has 2 N–H and O–H groups in total. The molecule has 2 aliphatic rings. The van der Waals surface area contributed by atoms with Crippen molar-refractivity contribution in [2.75, 3.05) is 36.9 Å². The van der Waals surface area contributed by atoms with Crippen molar-refractivity contribution in [3.8, 4) is 0 Å². The topological polar surface area (TPSA) is 109 Å². The van der Waals surface area contributed by atoms with Crippen LogP contribution in [0.1, 0.15) is 29.8 Å². The Morgan fingerprint density at radius 3 is 2.68 bits per heavy atom. The number of ether oxygens (including phenoxy) is 1. The molecular formula is C24H24ClN5O4. The fourth-order valence-electron chi connectivity index (χ4n) is 4.25. The van der Waals surface area contributed by atoms with E-state index in [1.807, 2.05) is 18.2 Å². The van der Waals surface area contributed by atoms with Gasteiger partial charge in [-0.15, -0.1) is 0 Å². The maximum atomic E-state index is 13.0. The average Bonchev–Trinajstić information content (AvgIpc) is 3.50. The number of nitrogens with one attached hydrogen (secondary N) is 2. The number of carbonyl (C=O) groups excluding carboxylic acids is 2. The summed E-state index contributed by atoms with van der Waals surface area (Å²) >= 11 is 5.87. The van der Waals surface area contributed by atoms with Crippen LogP contribution in [0.2, 0.25) is 5.02 Å². The van der Waals surface area contributed by atoms with Crippen molar-refractivity contribution in [3.63, 3.8) is 0 Å². The third kappa shape index (κ3) is 4.84. The minimum absolute atomic E-state index is 0.0255. The Morgan fingerprint density at radius 2 is 1.94 bits per heavy atom. The number of aliphatic imine (C=N–C) groups is 1. The number of pyridine rings is 1. The van der Waals surface area contributed by atoms with Crippen molar-refractivity contribution in [1.82, 2.24) is 9.88 Å². The summed E-state index contributed by atoms with van der Waals surface area (Å²) in [6.07, 6.45) is 3.55. The lowest BCUT2D eigenvalue weighted by Crippen LogP contribution is -2.39. The number of para-hydroxylation sites is 1. The van der Waals surface area contributed by atoms with Crippen LogP contribution >= 0.6 is 11.6 Å². The van der Waals surface area contributed by atoms with Crippen molar-refractivity contribution in [3.05, 3.63) is 53.4 Å². The van der Waals surface area contributed by atoms with Gasteiger partial charge in [-0.3, -0.25) is 9.59 Å². The number of piperidine rings is 1. The second kappa shape index (κ2) is 9.72. The molecule has 34 heavy (non-hydrogen) atoms. The first-order valence-corrected chi connectivity index (χ1v) is 11.6. The number of rotatable bonds is 5. The van der Waals surface area contributed by atoms with E-state index in [1.165, 1.54) is 6.20 Å². The molecule has 5 rings (SSSR count). The van der Waals surface area contributed by atoms with Gasteiger partial charge >= 0.3 is 0 Å². The molecule has 3 aromatic rings. The molecule has 1 aromatic carbocycles. The minimum atomic E-state index is -0.507. The van der Waals surface area contributed by atoms with E-state index in [0.29, 0.717) is 47.1 Å². The largest absolute Gasteiger partial charge is 0.463 e. The van der Waals surface area contributed by atoms with Gasteiger partial charge in [0, 0.05) is 31.1 Å². The predicted octanol–water partition coefficient (Wildman–Crippen LogP) is 4.16. The second-order valence-electron chi connectivity index (χ2n) is 8.31. The Labute approximate surface area is 201 Å². The summed E-state index contributed by atoms with van der Waals surface area (Å²) in [7, 11) is 0. The molecule has 2 aliphatic heterocycles. The van der Waals surface area contributed by atoms with Crippen molar-refractivity contribution in [2.45, 2.75) is 19.3 Å². The lowest BCUT2D eigenvalue weighted by atomic mass is 9.93. The van der Waals surface area contributed by atoms with Gasteiger partial charge in [-0.25, -0.2) is 9.98 Å². The second-order valence-corrected chi connectivity index (χ2v) is 8.75. The zero-order valence-corrected chi connectivity index (χ0v) is 19.2. The standard InChI is InChI=1S/C24H24ClN5O4/c25-16-5-6-19(27-14-16)28-23(32)22-21(17-3-1-2-4-18(17)34-22)29-20(31)13-15-7-10-30(11-8-15)24-26-9-12-33-24/h1-6,14-15H,7-13H2,(H,29,31)(H,27,28,32). The number of anilines is 2. The molecule has 2 aromatic heterocycles. The Bertz CT molecular complexity index is 1230. The maximum absolute atomic E-state index is 13.0. The van der Waals surface area contributed by atoms with Crippen LogP contribution in [0.15, 0.2) is 52.0 Å². The van der Waals surface area contributed by atoms with Crippen molar-refractivity contribution in [2.24, 2.45) is 10.9 Å². The van der Waals surface area contributed by atoms with Gasteiger partial charge in [0.05, 0.1) is 11.6 Å². The molecular weight excluding hydrogens is 458 g/mol. The van der Waals surface area contributed by atoms with E-state index in [9.17, 15) is 9.59 Å². The fourth-order valence-corrected chi connectivity index (χ4v) is 4.36. The van der Waals surface area contributed by atoms with Crippen molar-refractivity contribution >= 4 is 51.9 Å². The lowest BCUT2D eigenvalue weighted by Gasteiger charge is -2.32. The van der Waals surface area contributed by atoms with E-state index >= 15 is 0 Å². The van der Waals surface area contributed by atoms with Gasteiger partial charge < -0.3 is 24.7 Å². The molecule has 4 heterocycles. The number of amidine groups is 1. The SMILES string of the molecule is O=C(CC1CCN(C2=NCCO2)CC1)Nc1c(C(=O)Nc2ccc(Cl)cn2)oc2ccccc12. The first-order valence-electron chi connectivity index (χ1n) is 11.2. The molecule has 0 saturated carbocycles. The quantitative estimate of drug-likeness (QED) is 0.566. The molecule has 0 unspecified atom stereocenters. The molecule has 10 heteroatoms. The van der Waals surface area contributed by atoms with Crippen LogP contribution < -0.4 is 10.6 Å². The van der Waals surface area contributed by atoms with Crippen LogP contribution in [0.25, 0.3) is 11.0 Å². The first kappa shape index (κ1) is 22.2. The van der Waals surface area contributed by atoms with Crippen LogP contribution in [0, 0.1) is 5.92 Å². The molecule has 0 aliphatic carbocycles. The van der Waals surface area contributed by atoms with Crippen LogP contribution in [0.3, 0.4) is 0 Å². The summed E-state index contributed by atoms with van der Waals surface area (Å²) in [5, 5.41) is 6.74. The number of furan rings is 1. The average molecular weight is 482 g/mol. The van der Waals surface area contributed by atoms with E-state index in [0.717, 1.165) is 32.0 Å². The highest BCUT2D eigenvalue weighted by Gasteiger charge is 2.27. The van der Waals surface area contributed by atoms with Crippen molar-refractivity contribution in [1.29, 1.82) is 0 Å². The predicted molar refractivity (Wildman–Crippen MR) is 129 cm³/mol. The fraction of sp³-hybridized carbons (Fsp3) is 0.333. The summed E-state index contributed by atoms with van der Waals surface area (Å²) in [5.41, 5.74) is 0.871. The summed E-state index contributed by atoms with van der Waals surface area (Å²) < 4.78 is 11.3. The summed E-state index contributed by atoms with van der Waals surface area (Å²) in [6, 6.07) is 11.2. The number of aromatic nitrogens is 1. The van der Waals surface area contributed by atoms with Gasteiger partial charge in [0.15, 0.2) is 0 Å². The Hall–Kier alpha value is -3.59. The number of carbonyl (C=O) groups is 2. The first-order chi connectivity index (χ1) is 16.6. The number of hydrogen-bond donors (Lipinski definition) is 2. The summed E-state index contributed by atoms with van der Waals surface area (Å²) in [5.74, 6) is -0.0655. The lowest BCUT2D eigenvalue weighted by molar-refractivity contribution is -0.117. The Kier molecular flexibility index (Phi) is 6.35. The molecule has 1 fully saturated rings. The number of amides is 2. The molecule has 0 spiro atoms. The highest BCUT2D eigenvalue weighted by atomic mass is 35.5. The van der Waals surface area contributed by atoms with Crippen molar-refractivity contribution < 1.29 is 18.7 Å². The number of likely N-dealkylation sites (tertiary alicyclic amines) is 1. The summed E-state index contributed by atoms with van der Waals surface area (Å²) in [4.78, 5) is 36.5. The van der Waals surface area contributed by atoms with Crippen LogP contribution in [0.4, 0.5) is 11.5 Å². The van der Waals surface area contributed by atoms with Gasteiger partial charge in [-0.05, 0) is 43.0 Å². The van der Waals surface area contributed by atoms with Gasteiger partial charge in [0.25, 0.3) is 11.9 Å². The molecule has 176 valence electrons. The van der Waals surface area contributed by atoms with Gasteiger partial charge in [-0.2, -0.15) is 0 Å².